The second-order valence-corrected chi connectivity index (χ2v) is 5.85. The van der Waals surface area contributed by atoms with Crippen molar-refractivity contribution in [2.45, 2.75) is 39.3 Å². The molecular formula is C13H20N2OS. The number of hydrogen-bond donors (Lipinski definition) is 2. The third-order valence-corrected chi connectivity index (χ3v) is 4.56. The number of pyridine rings is 1. The summed E-state index contributed by atoms with van der Waals surface area (Å²) in [5.41, 5.74) is 2.83. The van der Waals surface area contributed by atoms with Crippen molar-refractivity contribution in [2.75, 3.05) is 11.5 Å². The minimum atomic E-state index is 0.165. The Kier molecular flexibility index (Phi) is 4.29. The molecule has 94 valence electrons. The summed E-state index contributed by atoms with van der Waals surface area (Å²) in [6, 6.07) is 0.595. The lowest BCUT2D eigenvalue weighted by molar-refractivity contribution is 0.502. The smallest absolute Gasteiger partial charge is 0.187 e. The fourth-order valence-electron chi connectivity index (χ4n) is 2.13. The van der Waals surface area contributed by atoms with E-state index in [2.05, 4.69) is 10.3 Å². The van der Waals surface area contributed by atoms with E-state index in [1.807, 2.05) is 31.8 Å². The molecule has 0 saturated carbocycles. The summed E-state index contributed by atoms with van der Waals surface area (Å²) in [6.07, 6.45) is 4.36. The number of rotatable bonds is 3. The van der Waals surface area contributed by atoms with Gasteiger partial charge in [0.15, 0.2) is 5.43 Å². The molecule has 2 heterocycles. The van der Waals surface area contributed by atoms with Crippen LogP contribution in [0.1, 0.15) is 29.7 Å². The van der Waals surface area contributed by atoms with Crippen molar-refractivity contribution in [1.29, 1.82) is 0 Å². The van der Waals surface area contributed by atoms with Crippen molar-refractivity contribution in [2.24, 2.45) is 0 Å². The Hall–Kier alpha value is -0.740. The standard InChI is InChI=1S/C13H20N2OS/c1-9-6-15-12(10(2)13(9)16)7-14-11-4-3-5-17-8-11/h6,11,14H,3-5,7-8H2,1-2H3,(H,15,16)/t11-/m1/s1. The average Bonchev–Trinajstić information content (AvgIpc) is 2.36. The summed E-state index contributed by atoms with van der Waals surface area (Å²) >= 11 is 2.01. The van der Waals surface area contributed by atoms with Crippen LogP contribution in [0.5, 0.6) is 0 Å². The molecule has 1 aromatic rings. The van der Waals surface area contributed by atoms with E-state index in [9.17, 15) is 4.79 Å². The molecule has 0 radical (unpaired) electrons. The number of nitrogens with one attached hydrogen (secondary N) is 2. The Morgan fingerprint density at radius 3 is 3.06 bits per heavy atom. The molecule has 0 aliphatic carbocycles. The second kappa shape index (κ2) is 5.74. The number of aromatic amines is 1. The van der Waals surface area contributed by atoms with E-state index in [1.165, 1.54) is 24.3 Å². The SMILES string of the molecule is Cc1c[nH]c(CN[C@@H]2CCCSC2)c(C)c1=O. The first kappa shape index (κ1) is 12.7. The van der Waals surface area contributed by atoms with E-state index in [-0.39, 0.29) is 5.43 Å². The van der Waals surface area contributed by atoms with Crippen molar-refractivity contribution < 1.29 is 0 Å². The zero-order valence-electron chi connectivity index (χ0n) is 10.5. The number of aryl methyl sites for hydroxylation is 1. The summed E-state index contributed by atoms with van der Waals surface area (Å²) in [5.74, 6) is 2.48. The van der Waals surface area contributed by atoms with Crippen LogP contribution in [0.3, 0.4) is 0 Å². The van der Waals surface area contributed by atoms with Crippen LogP contribution >= 0.6 is 11.8 Å². The average molecular weight is 252 g/mol. The Balaban J connectivity index is 1.99. The number of hydrogen-bond acceptors (Lipinski definition) is 3. The Morgan fingerprint density at radius 2 is 2.35 bits per heavy atom. The highest BCUT2D eigenvalue weighted by molar-refractivity contribution is 7.99. The number of thioether (sulfide) groups is 1. The summed E-state index contributed by atoms with van der Waals surface area (Å²) in [6.45, 7) is 4.52. The molecule has 1 atom stereocenters. The lowest BCUT2D eigenvalue weighted by atomic mass is 10.1. The van der Waals surface area contributed by atoms with E-state index in [0.717, 1.165) is 23.4 Å². The van der Waals surface area contributed by atoms with Gasteiger partial charge in [-0.15, -0.1) is 0 Å². The first-order valence-electron chi connectivity index (χ1n) is 6.17. The van der Waals surface area contributed by atoms with Crippen LogP contribution in [0.2, 0.25) is 0 Å². The molecule has 2 N–H and O–H groups in total. The van der Waals surface area contributed by atoms with Crippen molar-refractivity contribution in [1.82, 2.24) is 10.3 Å². The van der Waals surface area contributed by atoms with Crippen LogP contribution in [0.25, 0.3) is 0 Å². The predicted molar refractivity (Wildman–Crippen MR) is 73.7 cm³/mol. The first-order chi connectivity index (χ1) is 8.18. The van der Waals surface area contributed by atoms with Gasteiger partial charge in [-0.2, -0.15) is 11.8 Å². The summed E-state index contributed by atoms with van der Waals surface area (Å²) in [4.78, 5) is 15.0. The van der Waals surface area contributed by atoms with Crippen LogP contribution in [-0.2, 0) is 6.54 Å². The van der Waals surface area contributed by atoms with Crippen molar-refractivity contribution in [3.05, 3.63) is 33.2 Å². The van der Waals surface area contributed by atoms with Gasteiger partial charge in [0.2, 0.25) is 0 Å². The maximum atomic E-state index is 11.8. The Labute approximate surface area is 106 Å². The van der Waals surface area contributed by atoms with Crippen LogP contribution in [0.15, 0.2) is 11.0 Å². The molecule has 1 aliphatic rings. The van der Waals surface area contributed by atoms with Crippen molar-refractivity contribution in [3.63, 3.8) is 0 Å². The monoisotopic (exact) mass is 252 g/mol. The zero-order valence-corrected chi connectivity index (χ0v) is 11.3. The van der Waals surface area contributed by atoms with Crippen molar-refractivity contribution >= 4 is 11.8 Å². The molecule has 2 rings (SSSR count). The molecule has 0 amide bonds. The number of aromatic nitrogens is 1. The van der Waals surface area contributed by atoms with Crippen LogP contribution in [0, 0.1) is 13.8 Å². The fourth-order valence-corrected chi connectivity index (χ4v) is 3.24. The quantitative estimate of drug-likeness (QED) is 0.864. The molecule has 0 bridgehead atoms. The maximum absolute atomic E-state index is 11.8. The van der Waals surface area contributed by atoms with Gasteiger partial charge in [0.05, 0.1) is 0 Å². The lowest BCUT2D eigenvalue weighted by Crippen LogP contribution is -2.34. The summed E-state index contributed by atoms with van der Waals surface area (Å²) in [7, 11) is 0. The highest BCUT2D eigenvalue weighted by Gasteiger charge is 2.13. The van der Waals surface area contributed by atoms with E-state index >= 15 is 0 Å². The van der Waals surface area contributed by atoms with E-state index in [1.54, 1.807) is 0 Å². The van der Waals surface area contributed by atoms with Gasteiger partial charge >= 0.3 is 0 Å². The molecule has 0 spiro atoms. The molecule has 0 unspecified atom stereocenters. The van der Waals surface area contributed by atoms with Crippen LogP contribution in [0.4, 0.5) is 0 Å². The minimum Gasteiger partial charge on any atom is -0.363 e. The third-order valence-electron chi connectivity index (χ3n) is 3.34. The molecule has 1 aliphatic heterocycles. The maximum Gasteiger partial charge on any atom is 0.187 e. The van der Waals surface area contributed by atoms with Gasteiger partial charge < -0.3 is 10.3 Å². The van der Waals surface area contributed by atoms with Gasteiger partial charge in [0.25, 0.3) is 0 Å². The lowest BCUT2D eigenvalue weighted by Gasteiger charge is -2.22. The van der Waals surface area contributed by atoms with Gasteiger partial charge in [-0.3, -0.25) is 4.79 Å². The predicted octanol–water partition coefficient (Wildman–Crippen LogP) is 1.98. The largest absolute Gasteiger partial charge is 0.363 e. The fraction of sp³-hybridized carbons (Fsp3) is 0.615. The normalized spacial score (nSPS) is 20.5. The summed E-state index contributed by atoms with van der Waals surface area (Å²) < 4.78 is 0. The van der Waals surface area contributed by atoms with Crippen molar-refractivity contribution in [3.8, 4) is 0 Å². The van der Waals surface area contributed by atoms with Gasteiger partial charge in [0, 0.05) is 41.4 Å². The second-order valence-electron chi connectivity index (χ2n) is 4.70. The van der Waals surface area contributed by atoms with Gasteiger partial charge in [-0.05, 0) is 32.4 Å². The Bertz CT molecular complexity index is 436. The van der Waals surface area contributed by atoms with Gasteiger partial charge in [-0.1, -0.05) is 0 Å². The van der Waals surface area contributed by atoms with Gasteiger partial charge in [0.1, 0.15) is 0 Å². The van der Waals surface area contributed by atoms with E-state index in [0.29, 0.717) is 6.04 Å². The topological polar surface area (TPSA) is 44.9 Å². The molecule has 4 heteroatoms. The molecule has 1 saturated heterocycles. The highest BCUT2D eigenvalue weighted by Crippen LogP contribution is 2.17. The number of H-pyrrole nitrogens is 1. The molecule has 17 heavy (non-hydrogen) atoms. The van der Waals surface area contributed by atoms with Crippen LogP contribution < -0.4 is 10.7 Å². The molecule has 0 aromatic carbocycles. The first-order valence-corrected chi connectivity index (χ1v) is 7.33. The van der Waals surface area contributed by atoms with E-state index in [4.69, 9.17) is 0 Å². The van der Waals surface area contributed by atoms with Gasteiger partial charge in [-0.25, -0.2) is 0 Å². The zero-order chi connectivity index (χ0) is 12.3. The highest BCUT2D eigenvalue weighted by atomic mass is 32.2. The molecule has 1 aromatic heterocycles. The molecular weight excluding hydrogens is 232 g/mol. The summed E-state index contributed by atoms with van der Waals surface area (Å²) in [5, 5.41) is 3.53. The minimum absolute atomic E-state index is 0.165. The van der Waals surface area contributed by atoms with Crippen LogP contribution in [-0.4, -0.2) is 22.5 Å². The Morgan fingerprint density at radius 1 is 1.53 bits per heavy atom. The third kappa shape index (κ3) is 3.13. The van der Waals surface area contributed by atoms with E-state index < -0.39 is 0 Å². The molecule has 1 fully saturated rings. The molecule has 3 nitrogen and oxygen atoms in total.